The molecule has 1 saturated heterocycles. The zero-order valence-corrected chi connectivity index (χ0v) is 21.3. The molecule has 0 aliphatic carbocycles. The smallest absolute Gasteiger partial charge is 0.245 e. The zero-order valence-electron chi connectivity index (χ0n) is 21.3. The van der Waals surface area contributed by atoms with Crippen molar-refractivity contribution in [2.45, 2.75) is 65.0 Å². The summed E-state index contributed by atoms with van der Waals surface area (Å²) in [4.78, 5) is 22.8. The highest BCUT2D eigenvalue weighted by Gasteiger charge is 2.29. The molecule has 194 valence electrons. The second-order valence-corrected chi connectivity index (χ2v) is 9.51. The predicted molar refractivity (Wildman–Crippen MR) is 137 cm³/mol. The average molecular weight is 497 g/mol. The van der Waals surface area contributed by atoms with Crippen LogP contribution in [-0.4, -0.2) is 66.2 Å². The molecule has 3 heterocycles. The van der Waals surface area contributed by atoms with Crippen LogP contribution in [0.1, 0.15) is 61.6 Å². The number of carbonyl (C=O) groups is 1. The summed E-state index contributed by atoms with van der Waals surface area (Å²) in [5, 5.41) is 17.2. The summed E-state index contributed by atoms with van der Waals surface area (Å²) in [7, 11) is 0. The minimum atomic E-state index is -0.614. The number of ether oxygens (including phenoxy) is 2. The quantitative estimate of drug-likeness (QED) is 0.521. The lowest BCUT2D eigenvalue weighted by atomic mass is 9.97. The van der Waals surface area contributed by atoms with E-state index < -0.39 is 12.1 Å². The van der Waals surface area contributed by atoms with E-state index in [0.717, 1.165) is 55.0 Å². The average Bonchev–Trinajstić information content (AvgIpc) is 3.24. The number of amides is 1. The zero-order chi connectivity index (χ0) is 25.5. The first-order chi connectivity index (χ1) is 17.4. The van der Waals surface area contributed by atoms with Gasteiger partial charge in [0.15, 0.2) is 5.84 Å². The van der Waals surface area contributed by atoms with Gasteiger partial charge in [0.2, 0.25) is 5.91 Å². The monoisotopic (exact) mass is 496 g/mol. The number of aryl methyl sites for hydroxylation is 2. The maximum Gasteiger partial charge on any atom is 0.245 e. The second kappa shape index (κ2) is 12.3. The van der Waals surface area contributed by atoms with Gasteiger partial charge in [-0.05, 0) is 51.2 Å². The maximum atomic E-state index is 13.2. The molecule has 2 aromatic rings. The Morgan fingerprint density at radius 2 is 2.08 bits per heavy atom. The number of rotatable bonds is 10. The van der Waals surface area contributed by atoms with Gasteiger partial charge >= 0.3 is 0 Å². The van der Waals surface area contributed by atoms with Gasteiger partial charge in [0.25, 0.3) is 0 Å². The van der Waals surface area contributed by atoms with Crippen LogP contribution in [0.15, 0.2) is 38.8 Å². The molecule has 9 nitrogen and oxygen atoms in total. The van der Waals surface area contributed by atoms with Gasteiger partial charge in [-0.2, -0.15) is 0 Å². The molecular formula is C27H36N4O5. The SMILES string of the molecule is CCCC(O)COc1cccc(C2=NC(C(=O)NCC3CCOCC3)CC(c3c(C)noc3C)=N2)c1. The summed E-state index contributed by atoms with van der Waals surface area (Å²) in [6.07, 6.45) is 3.32. The standard InChI is InChI=1S/C27H36N4O5/c1-4-6-21(32)16-35-22-8-5-7-20(13-22)26-29-23(25-17(2)31-36-18(25)3)14-24(30-26)27(33)28-15-19-9-11-34-12-10-19/h5,7-8,13,19,21,24,32H,4,6,9-12,14-16H2,1-3H3,(H,28,33). The number of nitrogens with one attached hydrogen (secondary N) is 1. The largest absolute Gasteiger partial charge is 0.491 e. The van der Waals surface area contributed by atoms with Crippen LogP contribution in [0.4, 0.5) is 0 Å². The van der Waals surface area contributed by atoms with Crippen LogP contribution >= 0.6 is 0 Å². The van der Waals surface area contributed by atoms with E-state index in [2.05, 4.69) is 10.5 Å². The van der Waals surface area contributed by atoms with E-state index in [1.807, 2.05) is 45.0 Å². The molecule has 0 radical (unpaired) electrons. The third kappa shape index (κ3) is 6.59. The molecule has 2 aliphatic heterocycles. The molecule has 2 unspecified atom stereocenters. The molecule has 36 heavy (non-hydrogen) atoms. The van der Waals surface area contributed by atoms with E-state index >= 15 is 0 Å². The molecule has 1 amide bonds. The summed E-state index contributed by atoms with van der Waals surface area (Å²) in [6, 6.07) is 6.82. The third-order valence-corrected chi connectivity index (χ3v) is 6.59. The van der Waals surface area contributed by atoms with E-state index in [1.165, 1.54) is 0 Å². The highest BCUT2D eigenvalue weighted by Crippen LogP contribution is 2.24. The number of aliphatic imine (C=N–C) groups is 2. The Hall–Kier alpha value is -3.04. The topological polar surface area (TPSA) is 119 Å². The summed E-state index contributed by atoms with van der Waals surface area (Å²) in [5.74, 6) is 2.04. The van der Waals surface area contributed by atoms with Crippen molar-refractivity contribution < 1.29 is 23.9 Å². The van der Waals surface area contributed by atoms with Crippen molar-refractivity contribution in [2.75, 3.05) is 26.4 Å². The number of carbonyl (C=O) groups excluding carboxylic acids is 1. The van der Waals surface area contributed by atoms with E-state index in [-0.39, 0.29) is 12.5 Å². The Kier molecular flexibility index (Phi) is 8.88. The Balaban J connectivity index is 1.56. The Morgan fingerprint density at radius 3 is 2.81 bits per heavy atom. The van der Waals surface area contributed by atoms with Crippen LogP contribution in [0.25, 0.3) is 0 Å². The summed E-state index contributed by atoms with van der Waals surface area (Å²) in [6.45, 7) is 8.05. The van der Waals surface area contributed by atoms with Crippen molar-refractivity contribution in [2.24, 2.45) is 15.9 Å². The number of nitrogens with zero attached hydrogens (tertiary/aromatic N) is 3. The maximum absolute atomic E-state index is 13.2. The van der Waals surface area contributed by atoms with Crippen LogP contribution in [-0.2, 0) is 9.53 Å². The summed E-state index contributed by atoms with van der Waals surface area (Å²) < 4.78 is 16.6. The molecule has 2 aliphatic rings. The van der Waals surface area contributed by atoms with E-state index in [1.54, 1.807) is 0 Å². The molecule has 1 aromatic heterocycles. The lowest BCUT2D eigenvalue weighted by molar-refractivity contribution is -0.122. The highest BCUT2D eigenvalue weighted by atomic mass is 16.5. The minimum absolute atomic E-state index is 0.117. The van der Waals surface area contributed by atoms with Gasteiger partial charge in [0.05, 0.1) is 23.1 Å². The number of benzene rings is 1. The van der Waals surface area contributed by atoms with Crippen molar-refractivity contribution in [3.05, 3.63) is 46.8 Å². The minimum Gasteiger partial charge on any atom is -0.491 e. The van der Waals surface area contributed by atoms with Crippen LogP contribution in [0.2, 0.25) is 0 Å². The van der Waals surface area contributed by atoms with Gasteiger partial charge in [-0.1, -0.05) is 30.6 Å². The first kappa shape index (κ1) is 26.0. The van der Waals surface area contributed by atoms with Gasteiger partial charge in [-0.25, -0.2) is 4.99 Å². The summed E-state index contributed by atoms with van der Waals surface area (Å²) in [5.41, 5.74) is 3.02. The number of amidine groups is 1. The van der Waals surface area contributed by atoms with Crippen molar-refractivity contribution >= 4 is 17.5 Å². The van der Waals surface area contributed by atoms with Gasteiger partial charge in [-0.3, -0.25) is 9.79 Å². The van der Waals surface area contributed by atoms with Crippen molar-refractivity contribution in [1.29, 1.82) is 0 Å². The lowest BCUT2D eigenvalue weighted by Gasteiger charge is -2.24. The predicted octanol–water partition coefficient (Wildman–Crippen LogP) is 3.38. The molecule has 0 bridgehead atoms. The normalized spacial score (nSPS) is 19.4. The molecule has 2 N–H and O–H groups in total. The van der Waals surface area contributed by atoms with E-state index in [4.69, 9.17) is 24.0 Å². The number of hydrogen-bond donors (Lipinski definition) is 2. The molecule has 1 fully saturated rings. The van der Waals surface area contributed by atoms with Crippen LogP contribution < -0.4 is 10.1 Å². The van der Waals surface area contributed by atoms with Crippen LogP contribution in [0, 0.1) is 19.8 Å². The molecular weight excluding hydrogens is 460 g/mol. The highest BCUT2D eigenvalue weighted by molar-refractivity contribution is 6.16. The number of aliphatic hydroxyl groups excluding tert-OH is 1. The van der Waals surface area contributed by atoms with Gasteiger partial charge in [0, 0.05) is 31.7 Å². The summed E-state index contributed by atoms with van der Waals surface area (Å²) >= 11 is 0. The molecule has 0 saturated carbocycles. The van der Waals surface area contributed by atoms with E-state index in [0.29, 0.717) is 42.6 Å². The molecule has 9 heteroatoms. The Labute approximate surface area is 212 Å². The lowest BCUT2D eigenvalue weighted by Crippen LogP contribution is -2.40. The third-order valence-electron chi connectivity index (χ3n) is 6.59. The Morgan fingerprint density at radius 1 is 1.28 bits per heavy atom. The van der Waals surface area contributed by atoms with Crippen LogP contribution in [0.5, 0.6) is 5.75 Å². The molecule has 1 aromatic carbocycles. The van der Waals surface area contributed by atoms with Crippen molar-refractivity contribution in [3.63, 3.8) is 0 Å². The molecule has 4 rings (SSSR count). The van der Waals surface area contributed by atoms with Crippen LogP contribution in [0.3, 0.4) is 0 Å². The first-order valence-corrected chi connectivity index (χ1v) is 12.8. The second-order valence-electron chi connectivity index (χ2n) is 9.51. The van der Waals surface area contributed by atoms with Gasteiger partial charge < -0.3 is 24.4 Å². The van der Waals surface area contributed by atoms with Gasteiger partial charge in [-0.15, -0.1) is 0 Å². The Bertz CT molecular complexity index is 1080. The number of hydrogen-bond acceptors (Lipinski definition) is 8. The van der Waals surface area contributed by atoms with E-state index in [9.17, 15) is 9.90 Å². The molecule has 2 atom stereocenters. The molecule has 0 spiro atoms. The van der Waals surface area contributed by atoms with Gasteiger partial charge in [0.1, 0.15) is 24.2 Å². The first-order valence-electron chi connectivity index (χ1n) is 12.8. The fourth-order valence-electron chi connectivity index (χ4n) is 4.57. The van der Waals surface area contributed by atoms with Crippen molar-refractivity contribution in [1.82, 2.24) is 10.5 Å². The van der Waals surface area contributed by atoms with Crippen molar-refractivity contribution in [3.8, 4) is 5.75 Å². The fraction of sp³-hybridized carbons (Fsp3) is 0.556. The fourth-order valence-corrected chi connectivity index (χ4v) is 4.57. The number of aliphatic hydroxyl groups is 1. The number of aromatic nitrogens is 1.